The van der Waals surface area contributed by atoms with E-state index < -0.39 is 0 Å². The zero-order valence-corrected chi connectivity index (χ0v) is 12.9. The number of esters is 1. The molecule has 1 aromatic rings. The highest BCUT2D eigenvalue weighted by atomic mass is 35.5. The third-order valence-corrected chi connectivity index (χ3v) is 4.07. The molecule has 3 rings (SSSR count). The molecule has 1 atom stereocenters. The number of hydrogen-bond donors (Lipinski definition) is 0. The molecule has 0 bridgehead atoms. The van der Waals surface area contributed by atoms with E-state index in [0.717, 1.165) is 17.9 Å². The van der Waals surface area contributed by atoms with Crippen LogP contribution in [0.5, 0.6) is 0 Å². The zero-order chi connectivity index (χ0) is 15.1. The van der Waals surface area contributed by atoms with Gasteiger partial charge in [-0.15, -0.1) is 0 Å². The second kappa shape index (κ2) is 5.15. The number of rotatable bonds is 2. The minimum atomic E-state index is -0.389. The number of benzene rings is 1. The van der Waals surface area contributed by atoms with E-state index in [4.69, 9.17) is 21.3 Å². The molecule has 6 heteroatoms. The lowest BCUT2D eigenvalue weighted by molar-refractivity contribution is 0.0601. The van der Waals surface area contributed by atoms with Crippen LogP contribution in [0, 0.1) is 5.92 Å². The largest absolute Gasteiger partial charge is 0.465 e. The van der Waals surface area contributed by atoms with E-state index in [-0.39, 0.29) is 12.0 Å². The fourth-order valence-corrected chi connectivity index (χ4v) is 2.74. The first kappa shape index (κ1) is 14.1. The quantitative estimate of drug-likeness (QED) is 0.623. The molecular formula is C15H16ClN3O2. The molecule has 110 valence electrons. The normalized spacial score (nSPS) is 19.9. The lowest BCUT2D eigenvalue weighted by atomic mass is 10.1. The molecule has 21 heavy (non-hydrogen) atoms. The molecule has 2 aliphatic heterocycles. The predicted molar refractivity (Wildman–Crippen MR) is 82.6 cm³/mol. The SMILES string of the molecule is COC(=O)c1ccc2c(c1)N=C(Cl)N1CC(C(C)C)N=C21. The van der Waals surface area contributed by atoms with Crippen LogP contribution in [-0.4, -0.2) is 41.7 Å². The van der Waals surface area contributed by atoms with Gasteiger partial charge in [0.05, 0.1) is 24.4 Å². The number of hydrogen-bond acceptors (Lipinski definition) is 5. The molecular weight excluding hydrogens is 290 g/mol. The third kappa shape index (κ3) is 2.31. The number of ether oxygens (including phenoxy) is 1. The van der Waals surface area contributed by atoms with Crippen LogP contribution < -0.4 is 0 Å². The minimum Gasteiger partial charge on any atom is -0.465 e. The Morgan fingerprint density at radius 3 is 2.90 bits per heavy atom. The number of methoxy groups -OCH3 is 1. The summed E-state index contributed by atoms with van der Waals surface area (Å²) in [5.74, 6) is 0.880. The van der Waals surface area contributed by atoms with Crippen molar-refractivity contribution in [3.8, 4) is 0 Å². The molecule has 1 unspecified atom stereocenters. The number of amidine groups is 2. The first-order valence-corrected chi connectivity index (χ1v) is 7.21. The van der Waals surface area contributed by atoms with Crippen molar-refractivity contribution in [2.24, 2.45) is 15.9 Å². The Hall–Kier alpha value is -1.88. The zero-order valence-electron chi connectivity index (χ0n) is 12.1. The first-order valence-electron chi connectivity index (χ1n) is 6.83. The van der Waals surface area contributed by atoms with Crippen LogP contribution in [0.3, 0.4) is 0 Å². The van der Waals surface area contributed by atoms with Gasteiger partial charge in [0.15, 0.2) is 0 Å². The Labute approximate surface area is 128 Å². The van der Waals surface area contributed by atoms with Gasteiger partial charge in [0.25, 0.3) is 0 Å². The fourth-order valence-electron chi connectivity index (χ4n) is 2.50. The number of aliphatic imine (C=N–C) groups is 2. The lowest BCUT2D eigenvalue weighted by Gasteiger charge is -2.24. The Balaban J connectivity index is 2.06. The molecule has 0 amide bonds. The molecule has 2 aliphatic rings. The summed E-state index contributed by atoms with van der Waals surface area (Å²) >= 11 is 6.26. The van der Waals surface area contributed by atoms with Gasteiger partial charge in [0.1, 0.15) is 5.84 Å². The van der Waals surface area contributed by atoms with E-state index in [1.807, 2.05) is 11.0 Å². The van der Waals surface area contributed by atoms with E-state index in [9.17, 15) is 4.79 Å². The number of carbonyl (C=O) groups excluding carboxylic acids is 1. The van der Waals surface area contributed by atoms with Crippen LogP contribution in [-0.2, 0) is 4.74 Å². The minimum absolute atomic E-state index is 0.204. The lowest BCUT2D eigenvalue weighted by Crippen LogP contribution is -2.36. The highest BCUT2D eigenvalue weighted by Crippen LogP contribution is 2.33. The first-order chi connectivity index (χ1) is 10.0. The van der Waals surface area contributed by atoms with Crippen molar-refractivity contribution in [1.29, 1.82) is 0 Å². The monoisotopic (exact) mass is 305 g/mol. The summed E-state index contributed by atoms with van der Waals surface area (Å²) in [4.78, 5) is 22.7. The van der Waals surface area contributed by atoms with Crippen LogP contribution in [0.4, 0.5) is 5.69 Å². The highest BCUT2D eigenvalue weighted by Gasteiger charge is 2.34. The van der Waals surface area contributed by atoms with Gasteiger partial charge in [-0.05, 0) is 35.7 Å². The third-order valence-electron chi connectivity index (χ3n) is 3.78. The van der Waals surface area contributed by atoms with Crippen LogP contribution >= 0.6 is 11.6 Å². The summed E-state index contributed by atoms with van der Waals surface area (Å²) in [6.07, 6.45) is 0. The van der Waals surface area contributed by atoms with Crippen molar-refractivity contribution in [3.05, 3.63) is 29.3 Å². The Kier molecular flexibility index (Phi) is 3.45. The Morgan fingerprint density at radius 1 is 1.48 bits per heavy atom. The summed E-state index contributed by atoms with van der Waals surface area (Å²) in [5.41, 5.74) is 2.01. The average Bonchev–Trinajstić information content (AvgIpc) is 2.92. The highest BCUT2D eigenvalue weighted by molar-refractivity contribution is 6.66. The number of halogens is 1. The molecule has 0 N–H and O–H groups in total. The number of fused-ring (bicyclic) bond motifs is 3. The second-order valence-corrected chi connectivity index (χ2v) is 5.82. The summed E-state index contributed by atoms with van der Waals surface area (Å²) in [7, 11) is 1.36. The van der Waals surface area contributed by atoms with Gasteiger partial charge in [-0.25, -0.2) is 9.79 Å². The van der Waals surface area contributed by atoms with E-state index in [0.29, 0.717) is 22.5 Å². The van der Waals surface area contributed by atoms with Crippen LogP contribution in [0.25, 0.3) is 0 Å². The van der Waals surface area contributed by atoms with Crippen molar-refractivity contribution in [1.82, 2.24) is 4.90 Å². The summed E-state index contributed by atoms with van der Waals surface area (Å²) < 4.78 is 4.73. The van der Waals surface area contributed by atoms with Crippen molar-refractivity contribution < 1.29 is 9.53 Å². The molecule has 0 saturated carbocycles. The average molecular weight is 306 g/mol. The number of carbonyl (C=O) groups is 1. The van der Waals surface area contributed by atoms with Gasteiger partial charge in [0.2, 0.25) is 5.29 Å². The summed E-state index contributed by atoms with van der Waals surface area (Å²) in [5, 5.41) is 0.395. The van der Waals surface area contributed by atoms with Crippen molar-refractivity contribution >= 4 is 34.4 Å². The molecule has 0 aromatic heterocycles. The molecule has 0 aliphatic carbocycles. The maximum Gasteiger partial charge on any atom is 0.337 e. The van der Waals surface area contributed by atoms with E-state index in [1.165, 1.54) is 7.11 Å². The van der Waals surface area contributed by atoms with Crippen LogP contribution in [0.1, 0.15) is 29.8 Å². The van der Waals surface area contributed by atoms with Gasteiger partial charge in [-0.2, -0.15) is 0 Å². The van der Waals surface area contributed by atoms with Gasteiger partial charge in [0, 0.05) is 12.1 Å². The molecule has 1 aromatic carbocycles. The summed E-state index contributed by atoms with van der Waals surface area (Å²) in [6, 6.07) is 5.47. The van der Waals surface area contributed by atoms with Gasteiger partial charge < -0.3 is 4.74 Å². The topological polar surface area (TPSA) is 54.3 Å². The predicted octanol–water partition coefficient (Wildman–Crippen LogP) is 2.80. The Bertz CT molecular complexity index is 667. The molecule has 0 fully saturated rings. The fraction of sp³-hybridized carbons (Fsp3) is 0.400. The summed E-state index contributed by atoms with van der Waals surface area (Å²) in [6.45, 7) is 5.02. The van der Waals surface area contributed by atoms with Crippen LogP contribution in [0.2, 0.25) is 0 Å². The second-order valence-electron chi connectivity index (χ2n) is 5.48. The van der Waals surface area contributed by atoms with E-state index in [1.54, 1.807) is 12.1 Å². The van der Waals surface area contributed by atoms with Gasteiger partial charge in [-0.1, -0.05) is 13.8 Å². The molecule has 0 saturated heterocycles. The van der Waals surface area contributed by atoms with E-state index >= 15 is 0 Å². The van der Waals surface area contributed by atoms with Crippen molar-refractivity contribution in [3.63, 3.8) is 0 Å². The van der Waals surface area contributed by atoms with Gasteiger partial charge in [-0.3, -0.25) is 9.89 Å². The van der Waals surface area contributed by atoms with E-state index in [2.05, 4.69) is 18.8 Å². The standard InChI is InChI=1S/C15H16ClN3O2/c1-8(2)12-7-19-13(17-12)10-5-4-9(14(20)21-3)6-11(10)18-15(19)16/h4-6,8,12H,7H2,1-3H3. The smallest absolute Gasteiger partial charge is 0.337 e. The van der Waals surface area contributed by atoms with Gasteiger partial charge >= 0.3 is 5.97 Å². The van der Waals surface area contributed by atoms with Crippen molar-refractivity contribution in [2.45, 2.75) is 19.9 Å². The Morgan fingerprint density at radius 2 is 2.24 bits per heavy atom. The van der Waals surface area contributed by atoms with Crippen molar-refractivity contribution in [2.75, 3.05) is 13.7 Å². The maximum absolute atomic E-state index is 11.6. The molecule has 2 heterocycles. The molecule has 0 radical (unpaired) electrons. The molecule has 0 spiro atoms. The van der Waals surface area contributed by atoms with Crippen LogP contribution in [0.15, 0.2) is 28.2 Å². The maximum atomic E-state index is 11.6. The molecule has 5 nitrogen and oxygen atoms in total. The number of nitrogens with zero attached hydrogens (tertiary/aromatic N) is 3.